The van der Waals surface area contributed by atoms with Gasteiger partial charge in [0.1, 0.15) is 5.65 Å². The summed E-state index contributed by atoms with van der Waals surface area (Å²) < 4.78 is 21.1. The molecule has 0 fully saturated rings. The van der Waals surface area contributed by atoms with Crippen LogP contribution in [-0.2, 0) is 6.54 Å². The number of para-hydroxylation sites is 1. The summed E-state index contributed by atoms with van der Waals surface area (Å²) >= 11 is 0. The monoisotopic (exact) mass is 450 g/mol. The van der Waals surface area contributed by atoms with Crippen molar-refractivity contribution in [3.63, 3.8) is 0 Å². The molecule has 0 aliphatic heterocycles. The first-order valence-electron chi connectivity index (χ1n) is 11.6. The van der Waals surface area contributed by atoms with E-state index in [1.807, 2.05) is 20.8 Å². The quantitative estimate of drug-likeness (QED) is 0.462. The first kappa shape index (κ1) is 24.2. The molecule has 6 nitrogen and oxygen atoms in total. The van der Waals surface area contributed by atoms with Crippen molar-refractivity contribution in [3.8, 4) is 11.5 Å². The zero-order valence-electron chi connectivity index (χ0n) is 19.6. The first-order valence-corrected chi connectivity index (χ1v) is 11.6. The molecule has 0 amide bonds. The minimum atomic E-state index is -0.530. The number of aromatic nitrogens is 3. The van der Waals surface area contributed by atoms with E-state index in [0.29, 0.717) is 23.5 Å². The van der Waals surface area contributed by atoms with Crippen LogP contribution in [0.15, 0.2) is 65.1 Å². The van der Waals surface area contributed by atoms with Crippen LogP contribution in [0.2, 0.25) is 0 Å². The first-order chi connectivity index (χ1) is 16.1. The maximum Gasteiger partial charge on any atom is 0.295 e. The second-order valence-corrected chi connectivity index (χ2v) is 7.35. The van der Waals surface area contributed by atoms with E-state index < -0.39 is 5.82 Å². The maximum absolute atomic E-state index is 14.0. The van der Waals surface area contributed by atoms with Gasteiger partial charge in [0.15, 0.2) is 17.3 Å². The van der Waals surface area contributed by atoms with Crippen LogP contribution in [0.3, 0.4) is 0 Å². The van der Waals surface area contributed by atoms with Crippen LogP contribution in [-0.4, -0.2) is 20.6 Å². The van der Waals surface area contributed by atoms with E-state index in [0.717, 1.165) is 19.3 Å². The summed E-state index contributed by atoms with van der Waals surface area (Å²) in [7, 11) is 0. The summed E-state index contributed by atoms with van der Waals surface area (Å²) in [4.78, 5) is 22.0. The number of hydrogen-bond donors (Lipinski definition) is 1. The molecule has 1 aliphatic rings. The van der Waals surface area contributed by atoms with Gasteiger partial charge < -0.3 is 10.1 Å². The summed E-state index contributed by atoms with van der Waals surface area (Å²) in [6.07, 6.45) is 11.2. The van der Waals surface area contributed by atoms with Gasteiger partial charge in [-0.1, -0.05) is 51.1 Å². The van der Waals surface area contributed by atoms with Crippen molar-refractivity contribution in [1.29, 1.82) is 0 Å². The number of benzene rings is 1. The Balaban J connectivity index is 0.00000149. The largest absolute Gasteiger partial charge is 0.448 e. The predicted octanol–water partition coefficient (Wildman–Crippen LogP) is 6.24. The molecule has 1 unspecified atom stereocenters. The molecule has 2 heterocycles. The highest BCUT2D eigenvalue weighted by Gasteiger charge is 2.16. The van der Waals surface area contributed by atoms with Gasteiger partial charge in [-0.2, -0.15) is 4.98 Å². The van der Waals surface area contributed by atoms with Gasteiger partial charge in [0.05, 0.1) is 6.04 Å². The fraction of sp³-hybridized carbons (Fsp3) is 0.346. The van der Waals surface area contributed by atoms with Gasteiger partial charge in [0, 0.05) is 18.1 Å². The van der Waals surface area contributed by atoms with E-state index in [2.05, 4.69) is 40.4 Å². The maximum atomic E-state index is 14.0. The second kappa shape index (κ2) is 11.4. The summed E-state index contributed by atoms with van der Waals surface area (Å²) in [5.74, 6) is -0.0331. The van der Waals surface area contributed by atoms with Crippen molar-refractivity contribution in [3.05, 3.63) is 76.5 Å². The van der Waals surface area contributed by atoms with Crippen molar-refractivity contribution in [2.75, 3.05) is 5.32 Å². The molecule has 33 heavy (non-hydrogen) atoms. The third kappa shape index (κ3) is 5.48. The number of pyridine rings is 1. The van der Waals surface area contributed by atoms with Gasteiger partial charge in [0.2, 0.25) is 5.95 Å². The minimum Gasteiger partial charge on any atom is -0.448 e. The molecule has 0 radical (unpaired) electrons. The average Bonchev–Trinajstić information content (AvgIpc) is 2.86. The zero-order chi connectivity index (χ0) is 23.8. The van der Waals surface area contributed by atoms with E-state index in [1.54, 1.807) is 24.4 Å². The molecule has 0 spiro atoms. The molecule has 0 saturated heterocycles. The third-order valence-corrected chi connectivity index (χ3v) is 5.30. The van der Waals surface area contributed by atoms with E-state index in [-0.39, 0.29) is 23.1 Å². The Morgan fingerprint density at radius 1 is 1.18 bits per heavy atom. The standard InChI is InChI=1S/C24H25FN4O2.C2H6/c1-3-19(16-10-6-5-7-11-16)27-24-26-15-17-14-21(23(30)29(4-2)22(17)28-24)31-20-13-9-8-12-18(20)25;1-2/h6,8-15,19H,3-5,7H2,1-2H3,(H,26,27,28);1-2H3. The fourth-order valence-corrected chi connectivity index (χ4v) is 3.68. The van der Waals surface area contributed by atoms with Crippen molar-refractivity contribution < 1.29 is 9.13 Å². The lowest BCUT2D eigenvalue weighted by Gasteiger charge is -2.20. The van der Waals surface area contributed by atoms with E-state index >= 15 is 0 Å². The van der Waals surface area contributed by atoms with Crippen LogP contribution >= 0.6 is 0 Å². The highest BCUT2D eigenvalue weighted by molar-refractivity contribution is 5.77. The topological polar surface area (TPSA) is 69.0 Å². The Morgan fingerprint density at radius 3 is 2.64 bits per heavy atom. The number of hydrogen-bond acceptors (Lipinski definition) is 5. The van der Waals surface area contributed by atoms with Crippen LogP contribution in [0.5, 0.6) is 11.5 Å². The second-order valence-electron chi connectivity index (χ2n) is 7.35. The van der Waals surface area contributed by atoms with Gasteiger partial charge in [-0.3, -0.25) is 9.36 Å². The van der Waals surface area contributed by atoms with Crippen molar-refractivity contribution in [2.24, 2.45) is 0 Å². The number of nitrogens with zero attached hydrogens (tertiary/aromatic N) is 3. The Morgan fingerprint density at radius 2 is 1.97 bits per heavy atom. The van der Waals surface area contributed by atoms with Gasteiger partial charge in [-0.05, 0) is 50.0 Å². The molecule has 1 N–H and O–H groups in total. The number of halogens is 1. The molecule has 2 aromatic heterocycles. The Labute approximate surface area is 193 Å². The number of anilines is 1. The van der Waals surface area contributed by atoms with Crippen LogP contribution in [0.1, 0.15) is 47.0 Å². The molecule has 3 aromatic rings. The Bertz CT molecular complexity index is 1220. The lowest BCUT2D eigenvalue weighted by molar-refractivity contribution is 0.433. The van der Waals surface area contributed by atoms with Gasteiger partial charge in [0.25, 0.3) is 5.56 Å². The third-order valence-electron chi connectivity index (χ3n) is 5.30. The van der Waals surface area contributed by atoms with E-state index in [9.17, 15) is 9.18 Å². The predicted molar refractivity (Wildman–Crippen MR) is 131 cm³/mol. The van der Waals surface area contributed by atoms with Crippen LogP contribution in [0, 0.1) is 5.82 Å². The molecule has 0 bridgehead atoms. The van der Waals surface area contributed by atoms with Crippen LogP contribution < -0.4 is 15.6 Å². The number of allylic oxidation sites excluding steroid dienone is 2. The summed E-state index contributed by atoms with van der Waals surface area (Å²) in [6, 6.07) is 7.65. The molecular weight excluding hydrogens is 419 g/mol. The molecule has 4 rings (SSSR count). The van der Waals surface area contributed by atoms with Crippen molar-refractivity contribution in [2.45, 2.75) is 59.5 Å². The molecule has 1 aromatic carbocycles. The summed E-state index contributed by atoms with van der Waals surface area (Å²) in [5.41, 5.74) is 1.36. The molecule has 0 saturated carbocycles. The SMILES string of the molecule is CC.CCC(Nc1ncc2cc(Oc3ccccc3F)c(=O)n(CC)c2n1)C1=CCCC=C1. The summed E-state index contributed by atoms with van der Waals surface area (Å²) in [5, 5.41) is 4.03. The normalized spacial score (nSPS) is 13.7. The zero-order valence-corrected chi connectivity index (χ0v) is 19.6. The number of ether oxygens (including phenoxy) is 1. The smallest absolute Gasteiger partial charge is 0.295 e. The van der Waals surface area contributed by atoms with Gasteiger partial charge in [-0.15, -0.1) is 0 Å². The Hall–Kier alpha value is -3.48. The van der Waals surface area contributed by atoms with Crippen molar-refractivity contribution >= 4 is 17.0 Å². The van der Waals surface area contributed by atoms with E-state index in [4.69, 9.17) is 4.74 Å². The number of rotatable bonds is 7. The lowest BCUT2D eigenvalue weighted by atomic mass is 9.98. The highest BCUT2D eigenvalue weighted by Crippen LogP contribution is 2.25. The number of aryl methyl sites for hydroxylation is 1. The lowest BCUT2D eigenvalue weighted by Crippen LogP contribution is -2.24. The molecular formula is C26H31FN4O2. The van der Waals surface area contributed by atoms with Gasteiger partial charge in [-0.25, -0.2) is 9.37 Å². The summed E-state index contributed by atoms with van der Waals surface area (Å²) in [6.45, 7) is 8.36. The molecule has 174 valence electrons. The van der Waals surface area contributed by atoms with E-state index in [1.165, 1.54) is 22.3 Å². The average molecular weight is 451 g/mol. The minimum absolute atomic E-state index is 0.000377. The molecule has 7 heteroatoms. The Kier molecular flexibility index (Phi) is 8.35. The van der Waals surface area contributed by atoms with Crippen LogP contribution in [0.25, 0.3) is 11.0 Å². The molecule has 1 aliphatic carbocycles. The number of nitrogens with one attached hydrogen (secondary N) is 1. The fourth-order valence-electron chi connectivity index (χ4n) is 3.68. The van der Waals surface area contributed by atoms with Gasteiger partial charge >= 0.3 is 0 Å². The van der Waals surface area contributed by atoms with Crippen LogP contribution in [0.4, 0.5) is 10.3 Å². The highest BCUT2D eigenvalue weighted by atomic mass is 19.1. The number of fused-ring (bicyclic) bond motifs is 1. The molecule has 1 atom stereocenters. The van der Waals surface area contributed by atoms with Crippen molar-refractivity contribution in [1.82, 2.24) is 14.5 Å².